The Morgan fingerprint density at radius 1 is 1.21 bits per heavy atom. The Morgan fingerprint density at radius 2 is 1.93 bits per heavy atom. The number of ether oxygens (including phenoxy) is 2. The van der Waals surface area contributed by atoms with Gasteiger partial charge in [0.1, 0.15) is 17.1 Å². The van der Waals surface area contributed by atoms with Crippen LogP contribution in [0.5, 0.6) is 11.5 Å². The number of nitro groups is 1. The van der Waals surface area contributed by atoms with E-state index in [2.05, 4.69) is 5.32 Å². The average molecular weight is 401 g/mol. The second-order valence-electron chi connectivity index (χ2n) is 5.81. The summed E-state index contributed by atoms with van der Waals surface area (Å²) < 4.78 is 15.3. The Bertz CT molecular complexity index is 1030. The highest BCUT2D eigenvalue weighted by molar-refractivity contribution is 6.31. The summed E-state index contributed by atoms with van der Waals surface area (Å²) in [7, 11) is 2.58. The van der Waals surface area contributed by atoms with Gasteiger partial charge in [0.25, 0.3) is 11.8 Å². The highest BCUT2D eigenvalue weighted by atomic mass is 16.6. The van der Waals surface area contributed by atoms with E-state index < -0.39 is 28.3 Å². The van der Waals surface area contributed by atoms with Crippen molar-refractivity contribution in [2.45, 2.75) is 6.54 Å². The fourth-order valence-corrected chi connectivity index (χ4v) is 2.71. The molecule has 2 aromatic rings. The van der Waals surface area contributed by atoms with Gasteiger partial charge in [-0.3, -0.25) is 29.9 Å². The monoisotopic (exact) mass is 401 g/mol. The van der Waals surface area contributed by atoms with Crippen LogP contribution in [0.15, 0.2) is 40.5 Å². The number of barbiturate groups is 1. The van der Waals surface area contributed by atoms with Gasteiger partial charge in [-0.2, -0.15) is 0 Å². The minimum Gasteiger partial charge on any atom is -0.496 e. The lowest BCUT2D eigenvalue weighted by Gasteiger charge is -2.25. The minimum atomic E-state index is -0.934. The van der Waals surface area contributed by atoms with Crippen molar-refractivity contribution in [3.05, 3.63) is 57.5 Å². The molecule has 29 heavy (non-hydrogen) atoms. The Morgan fingerprint density at radius 3 is 2.52 bits per heavy atom. The molecule has 0 saturated carbocycles. The van der Waals surface area contributed by atoms with E-state index in [0.29, 0.717) is 5.76 Å². The van der Waals surface area contributed by atoms with Crippen LogP contribution in [0.4, 0.5) is 10.5 Å². The number of furan rings is 1. The van der Waals surface area contributed by atoms with Crippen LogP contribution in [0, 0.1) is 10.1 Å². The Kier molecular flexibility index (Phi) is 5.30. The molecule has 1 aromatic heterocycles. The molecule has 0 atom stereocenters. The number of urea groups is 1. The van der Waals surface area contributed by atoms with Crippen LogP contribution in [0.25, 0.3) is 6.08 Å². The van der Waals surface area contributed by atoms with Gasteiger partial charge in [0.2, 0.25) is 5.75 Å². The second-order valence-corrected chi connectivity index (χ2v) is 5.81. The van der Waals surface area contributed by atoms with Crippen LogP contribution in [-0.2, 0) is 16.1 Å². The molecule has 1 aliphatic heterocycles. The molecule has 11 nitrogen and oxygen atoms in total. The predicted octanol–water partition coefficient (Wildman–Crippen LogP) is 1.87. The van der Waals surface area contributed by atoms with Crippen LogP contribution in [-0.4, -0.2) is 41.9 Å². The first kappa shape index (κ1) is 19.6. The van der Waals surface area contributed by atoms with Crippen molar-refractivity contribution in [2.24, 2.45) is 0 Å². The van der Waals surface area contributed by atoms with Gasteiger partial charge in [0, 0.05) is 17.7 Å². The fourth-order valence-electron chi connectivity index (χ4n) is 2.71. The molecule has 1 aliphatic rings. The smallest absolute Gasteiger partial charge is 0.331 e. The molecule has 0 bridgehead atoms. The highest BCUT2D eigenvalue weighted by Crippen LogP contribution is 2.35. The number of carbonyl (C=O) groups is 3. The SMILES string of the molecule is COc1cc(OC)c([N+](=O)[O-])cc1/C=C1\C(=O)NC(=O)N(Cc2ccco2)C1=O. The van der Waals surface area contributed by atoms with Crippen LogP contribution in [0.3, 0.4) is 0 Å². The van der Waals surface area contributed by atoms with Gasteiger partial charge in [-0.15, -0.1) is 0 Å². The molecular weight excluding hydrogens is 386 g/mol. The molecular formula is C18H15N3O8. The summed E-state index contributed by atoms with van der Waals surface area (Å²) in [6.07, 6.45) is 2.50. The molecule has 2 heterocycles. The number of amides is 4. The minimum absolute atomic E-state index is 0.0527. The van der Waals surface area contributed by atoms with Crippen molar-refractivity contribution >= 4 is 29.6 Å². The standard InChI is InChI=1S/C18H15N3O8/c1-27-14-8-15(28-2)13(21(25)26)7-10(14)6-12-16(22)19-18(24)20(17(12)23)9-11-4-3-5-29-11/h3-8H,9H2,1-2H3,(H,19,22,24)/b12-6+. The molecule has 1 N–H and O–H groups in total. The van der Waals surface area contributed by atoms with Crippen molar-refractivity contribution in [3.8, 4) is 11.5 Å². The Balaban J connectivity index is 2.04. The highest BCUT2D eigenvalue weighted by Gasteiger charge is 2.36. The van der Waals surface area contributed by atoms with Crippen LogP contribution < -0.4 is 14.8 Å². The molecule has 0 aliphatic carbocycles. The van der Waals surface area contributed by atoms with E-state index in [4.69, 9.17) is 13.9 Å². The van der Waals surface area contributed by atoms with E-state index in [-0.39, 0.29) is 29.3 Å². The van der Waals surface area contributed by atoms with Gasteiger partial charge in [-0.05, 0) is 18.2 Å². The normalized spacial score (nSPS) is 15.4. The molecule has 4 amide bonds. The first-order chi connectivity index (χ1) is 13.8. The number of nitrogens with zero attached hydrogens (tertiary/aromatic N) is 2. The first-order valence-corrected chi connectivity index (χ1v) is 8.17. The summed E-state index contributed by atoms with van der Waals surface area (Å²) in [5, 5.41) is 13.3. The number of hydrogen-bond donors (Lipinski definition) is 1. The summed E-state index contributed by atoms with van der Waals surface area (Å²) in [5.74, 6) is -1.40. The topological polar surface area (TPSA) is 141 Å². The maximum absolute atomic E-state index is 12.8. The Labute approximate surface area is 163 Å². The molecule has 1 saturated heterocycles. The summed E-state index contributed by atoms with van der Waals surface area (Å²) in [5.41, 5.74) is -0.688. The Hall–Kier alpha value is -4.15. The summed E-state index contributed by atoms with van der Waals surface area (Å²) >= 11 is 0. The van der Waals surface area contributed by atoms with E-state index >= 15 is 0 Å². The summed E-state index contributed by atoms with van der Waals surface area (Å²) in [6, 6.07) is 4.63. The van der Waals surface area contributed by atoms with Crippen LogP contribution in [0.2, 0.25) is 0 Å². The van der Waals surface area contributed by atoms with E-state index in [0.717, 1.165) is 17.0 Å². The lowest BCUT2D eigenvalue weighted by atomic mass is 10.1. The largest absolute Gasteiger partial charge is 0.496 e. The van der Waals surface area contributed by atoms with Gasteiger partial charge in [-0.1, -0.05) is 0 Å². The van der Waals surface area contributed by atoms with Crippen LogP contribution >= 0.6 is 0 Å². The lowest BCUT2D eigenvalue weighted by Crippen LogP contribution is -2.53. The maximum atomic E-state index is 12.8. The quantitative estimate of drug-likeness (QED) is 0.335. The van der Waals surface area contributed by atoms with Crippen molar-refractivity contribution < 1.29 is 33.2 Å². The predicted molar refractivity (Wildman–Crippen MR) is 97.0 cm³/mol. The van der Waals surface area contributed by atoms with E-state index in [1.165, 1.54) is 26.5 Å². The zero-order valence-electron chi connectivity index (χ0n) is 15.3. The first-order valence-electron chi connectivity index (χ1n) is 8.17. The van der Waals surface area contributed by atoms with Gasteiger partial charge in [0.05, 0.1) is 32.0 Å². The zero-order chi connectivity index (χ0) is 21.1. The van der Waals surface area contributed by atoms with Crippen molar-refractivity contribution in [3.63, 3.8) is 0 Å². The zero-order valence-corrected chi connectivity index (χ0v) is 15.3. The van der Waals surface area contributed by atoms with Crippen molar-refractivity contribution in [1.29, 1.82) is 0 Å². The van der Waals surface area contributed by atoms with Gasteiger partial charge < -0.3 is 13.9 Å². The number of methoxy groups -OCH3 is 2. The summed E-state index contributed by atoms with van der Waals surface area (Å²) in [4.78, 5) is 48.5. The lowest BCUT2D eigenvalue weighted by molar-refractivity contribution is -0.385. The molecule has 3 rings (SSSR count). The molecule has 150 valence electrons. The number of carbonyl (C=O) groups excluding carboxylic acids is 3. The van der Waals surface area contributed by atoms with Crippen LogP contribution in [0.1, 0.15) is 11.3 Å². The molecule has 0 radical (unpaired) electrons. The van der Waals surface area contributed by atoms with Crippen molar-refractivity contribution in [2.75, 3.05) is 14.2 Å². The number of nitrogens with one attached hydrogen (secondary N) is 1. The third kappa shape index (κ3) is 3.78. The van der Waals surface area contributed by atoms with Gasteiger partial charge in [0.15, 0.2) is 0 Å². The molecule has 1 fully saturated rings. The second kappa shape index (κ2) is 7.84. The number of imide groups is 2. The molecule has 0 spiro atoms. The molecule has 1 aromatic carbocycles. The number of benzene rings is 1. The van der Waals surface area contributed by atoms with Crippen molar-refractivity contribution in [1.82, 2.24) is 10.2 Å². The van der Waals surface area contributed by atoms with Gasteiger partial charge >= 0.3 is 11.7 Å². The van der Waals surface area contributed by atoms with E-state index in [1.807, 2.05) is 0 Å². The molecule has 11 heteroatoms. The fraction of sp³-hybridized carbons (Fsp3) is 0.167. The third-order valence-electron chi connectivity index (χ3n) is 4.11. The number of nitro benzene ring substituents is 1. The van der Waals surface area contributed by atoms with E-state index in [1.54, 1.807) is 12.1 Å². The summed E-state index contributed by atoms with van der Waals surface area (Å²) in [6.45, 7) is -0.192. The average Bonchev–Trinajstić information content (AvgIpc) is 3.21. The van der Waals surface area contributed by atoms with Gasteiger partial charge in [-0.25, -0.2) is 4.79 Å². The van der Waals surface area contributed by atoms with E-state index in [9.17, 15) is 24.5 Å². The maximum Gasteiger partial charge on any atom is 0.331 e. The third-order valence-corrected chi connectivity index (χ3v) is 4.11. The number of hydrogen-bond acceptors (Lipinski definition) is 8. The molecule has 0 unspecified atom stereocenters. The number of rotatable bonds is 6.